The van der Waals surface area contributed by atoms with Gasteiger partial charge in [0.2, 0.25) is 0 Å². The van der Waals surface area contributed by atoms with Gasteiger partial charge in [0.05, 0.1) is 22.3 Å². The zero-order chi connectivity index (χ0) is 23.1. The lowest BCUT2D eigenvalue weighted by Gasteiger charge is -2.22. The van der Waals surface area contributed by atoms with Crippen LogP contribution in [0.3, 0.4) is 0 Å². The number of anilines is 1. The molecule has 7 nitrogen and oxygen atoms in total. The first-order valence-corrected chi connectivity index (χ1v) is 10.9. The number of amides is 1. The normalized spacial score (nSPS) is 13.7. The first kappa shape index (κ1) is 20.9. The molecule has 0 saturated heterocycles. The first-order chi connectivity index (χ1) is 15.9. The number of benzene rings is 2. The van der Waals surface area contributed by atoms with Crippen LogP contribution in [0.15, 0.2) is 60.7 Å². The molecule has 1 unspecified atom stereocenters. The number of aryl methyl sites for hydroxylation is 2. The topological polar surface area (TPSA) is 77.3 Å². The second-order valence-electron chi connectivity index (χ2n) is 8.24. The van der Waals surface area contributed by atoms with E-state index in [0.717, 1.165) is 23.2 Å². The van der Waals surface area contributed by atoms with Crippen molar-refractivity contribution in [3.8, 4) is 11.3 Å². The summed E-state index contributed by atoms with van der Waals surface area (Å²) < 4.78 is 7.35. The summed E-state index contributed by atoms with van der Waals surface area (Å²) in [4.78, 5) is 32.9. The number of para-hydroxylation sites is 1. The maximum absolute atomic E-state index is 13.3. The van der Waals surface area contributed by atoms with Gasteiger partial charge in [0.15, 0.2) is 11.8 Å². The van der Waals surface area contributed by atoms with Gasteiger partial charge in [-0.05, 0) is 38.0 Å². The summed E-state index contributed by atoms with van der Waals surface area (Å²) >= 11 is 0. The average molecular weight is 441 g/mol. The van der Waals surface area contributed by atoms with Crippen LogP contribution < -0.4 is 4.90 Å². The monoisotopic (exact) mass is 440 g/mol. The highest BCUT2D eigenvalue weighted by Crippen LogP contribution is 2.30. The van der Waals surface area contributed by atoms with Gasteiger partial charge in [0.25, 0.3) is 5.91 Å². The maximum Gasteiger partial charge on any atom is 0.339 e. The molecule has 33 heavy (non-hydrogen) atoms. The minimum absolute atomic E-state index is 0.232. The molecule has 1 aliphatic rings. The Morgan fingerprint density at radius 2 is 1.79 bits per heavy atom. The average Bonchev–Trinajstić information content (AvgIpc) is 3.39. The van der Waals surface area contributed by atoms with Gasteiger partial charge >= 0.3 is 5.97 Å². The fraction of sp³-hybridized carbons (Fsp3) is 0.231. The Balaban J connectivity index is 1.47. The highest BCUT2D eigenvalue weighted by Gasteiger charge is 2.31. The summed E-state index contributed by atoms with van der Waals surface area (Å²) in [7, 11) is 1.79. The molecule has 4 aromatic rings. The zero-order valence-corrected chi connectivity index (χ0v) is 18.8. The van der Waals surface area contributed by atoms with Crippen molar-refractivity contribution in [2.75, 3.05) is 11.4 Å². The van der Waals surface area contributed by atoms with Gasteiger partial charge in [0.1, 0.15) is 0 Å². The minimum Gasteiger partial charge on any atom is -0.449 e. The summed E-state index contributed by atoms with van der Waals surface area (Å²) in [6, 6.07) is 19.2. The van der Waals surface area contributed by atoms with Gasteiger partial charge in [-0.25, -0.2) is 9.78 Å². The molecule has 7 heteroatoms. The number of esters is 1. The van der Waals surface area contributed by atoms with Gasteiger partial charge in [-0.2, -0.15) is 5.10 Å². The van der Waals surface area contributed by atoms with Crippen LogP contribution in [0.25, 0.3) is 22.3 Å². The number of carbonyl (C=O) groups excluding carboxylic acids is 2. The Labute approximate surface area is 191 Å². The van der Waals surface area contributed by atoms with Crippen molar-refractivity contribution < 1.29 is 14.3 Å². The van der Waals surface area contributed by atoms with Gasteiger partial charge in [-0.15, -0.1) is 0 Å². The van der Waals surface area contributed by atoms with E-state index in [2.05, 4.69) is 5.10 Å². The quantitative estimate of drug-likeness (QED) is 0.447. The molecule has 0 fully saturated rings. The smallest absolute Gasteiger partial charge is 0.339 e. The Hall–Kier alpha value is -4.00. The molecule has 0 aliphatic carbocycles. The van der Waals surface area contributed by atoms with Crippen LogP contribution >= 0.6 is 0 Å². The van der Waals surface area contributed by atoms with E-state index in [-0.39, 0.29) is 5.91 Å². The lowest BCUT2D eigenvalue weighted by molar-refractivity contribution is -0.126. The lowest BCUT2D eigenvalue weighted by atomic mass is 10.1. The first-order valence-electron chi connectivity index (χ1n) is 10.9. The standard InChI is InChI=1S/C26H24N4O3/c1-16-23-20(15-21(18-9-5-4-6-10-18)27-24(23)29(3)28-16)26(32)33-17(2)25(31)30-14-13-19-11-7-8-12-22(19)30/h4-12,15,17H,13-14H2,1-3H3. The van der Waals surface area contributed by atoms with Crippen LogP contribution in [0, 0.1) is 6.92 Å². The van der Waals surface area contributed by atoms with E-state index in [0.29, 0.717) is 34.5 Å². The van der Waals surface area contributed by atoms with E-state index >= 15 is 0 Å². The fourth-order valence-electron chi connectivity index (χ4n) is 4.42. The molecule has 0 bridgehead atoms. The molecule has 166 valence electrons. The Morgan fingerprint density at radius 3 is 2.58 bits per heavy atom. The second kappa shape index (κ2) is 8.16. The molecule has 0 radical (unpaired) electrons. The molecular weight excluding hydrogens is 416 g/mol. The number of pyridine rings is 1. The summed E-state index contributed by atoms with van der Waals surface area (Å²) in [5.74, 6) is -0.797. The molecule has 0 spiro atoms. The zero-order valence-electron chi connectivity index (χ0n) is 18.8. The number of carbonyl (C=O) groups is 2. The molecular formula is C26H24N4O3. The van der Waals surface area contributed by atoms with Crippen LogP contribution in [-0.4, -0.2) is 39.3 Å². The summed E-state index contributed by atoms with van der Waals surface area (Å²) in [6.07, 6.45) is -0.132. The van der Waals surface area contributed by atoms with Crippen molar-refractivity contribution >= 4 is 28.6 Å². The second-order valence-corrected chi connectivity index (χ2v) is 8.24. The third-order valence-electron chi connectivity index (χ3n) is 6.04. The number of hydrogen-bond donors (Lipinski definition) is 0. The molecule has 0 N–H and O–H groups in total. The van der Waals surface area contributed by atoms with Crippen molar-refractivity contribution in [2.24, 2.45) is 7.05 Å². The molecule has 1 amide bonds. The number of nitrogens with zero attached hydrogens (tertiary/aromatic N) is 4. The predicted molar refractivity (Wildman–Crippen MR) is 126 cm³/mol. The molecule has 2 aromatic heterocycles. The summed E-state index contributed by atoms with van der Waals surface area (Å²) in [5, 5.41) is 5.07. The van der Waals surface area contributed by atoms with Gasteiger partial charge < -0.3 is 9.64 Å². The van der Waals surface area contributed by atoms with E-state index in [1.807, 2.05) is 61.5 Å². The Kier molecular flexibility index (Phi) is 5.17. The van der Waals surface area contributed by atoms with E-state index in [1.165, 1.54) is 0 Å². The largest absolute Gasteiger partial charge is 0.449 e. The summed E-state index contributed by atoms with van der Waals surface area (Å²) in [6.45, 7) is 4.03. The van der Waals surface area contributed by atoms with Crippen LogP contribution in [0.5, 0.6) is 0 Å². The number of rotatable bonds is 4. The fourth-order valence-corrected chi connectivity index (χ4v) is 4.42. The van der Waals surface area contributed by atoms with Crippen molar-refractivity contribution in [1.29, 1.82) is 0 Å². The van der Waals surface area contributed by atoms with E-state index in [9.17, 15) is 9.59 Å². The molecule has 0 saturated carbocycles. The third-order valence-corrected chi connectivity index (χ3v) is 6.04. The van der Waals surface area contributed by atoms with Crippen molar-refractivity contribution in [2.45, 2.75) is 26.4 Å². The van der Waals surface area contributed by atoms with Crippen LogP contribution in [-0.2, 0) is 23.0 Å². The maximum atomic E-state index is 13.3. The van der Waals surface area contributed by atoms with E-state index in [1.54, 1.807) is 29.6 Å². The third kappa shape index (κ3) is 3.65. The SMILES string of the molecule is Cc1nn(C)c2nc(-c3ccccc3)cc(C(=O)OC(C)C(=O)N3CCc4ccccc43)c12. The van der Waals surface area contributed by atoms with E-state index < -0.39 is 12.1 Å². The molecule has 2 aromatic carbocycles. The lowest BCUT2D eigenvalue weighted by Crippen LogP contribution is -2.39. The molecule has 3 heterocycles. The number of hydrogen-bond acceptors (Lipinski definition) is 5. The predicted octanol–water partition coefficient (Wildman–Crippen LogP) is 4.08. The Bertz CT molecular complexity index is 1380. The summed E-state index contributed by atoms with van der Waals surface area (Å²) in [5.41, 5.74) is 5.15. The highest BCUT2D eigenvalue weighted by atomic mass is 16.5. The number of aromatic nitrogens is 3. The van der Waals surface area contributed by atoms with Crippen molar-refractivity contribution in [3.63, 3.8) is 0 Å². The minimum atomic E-state index is -0.927. The van der Waals surface area contributed by atoms with Gasteiger partial charge in [-0.1, -0.05) is 48.5 Å². The molecule has 5 rings (SSSR count). The van der Waals surface area contributed by atoms with Crippen LogP contribution in [0.1, 0.15) is 28.5 Å². The van der Waals surface area contributed by atoms with E-state index in [4.69, 9.17) is 9.72 Å². The van der Waals surface area contributed by atoms with Gasteiger partial charge in [0, 0.05) is 24.8 Å². The van der Waals surface area contributed by atoms with Crippen molar-refractivity contribution in [1.82, 2.24) is 14.8 Å². The molecule has 1 atom stereocenters. The molecule has 1 aliphatic heterocycles. The highest BCUT2D eigenvalue weighted by molar-refractivity contribution is 6.06. The number of fused-ring (bicyclic) bond motifs is 2. The number of ether oxygens (including phenoxy) is 1. The van der Waals surface area contributed by atoms with Gasteiger partial charge in [-0.3, -0.25) is 9.48 Å². The van der Waals surface area contributed by atoms with Crippen LogP contribution in [0.4, 0.5) is 5.69 Å². The van der Waals surface area contributed by atoms with Crippen LogP contribution in [0.2, 0.25) is 0 Å². The Morgan fingerprint density at radius 1 is 1.06 bits per heavy atom. The van der Waals surface area contributed by atoms with Crippen molar-refractivity contribution in [3.05, 3.63) is 77.5 Å².